The number of benzene rings is 1. The molecule has 1 aromatic heterocycles. The van der Waals surface area contributed by atoms with E-state index in [4.69, 9.17) is 16.6 Å². The molecule has 1 aliphatic rings. The second kappa shape index (κ2) is 8.28. The number of nitrogens with zero attached hydrogens (tertiary/aromatic N) is 1. The number of allylic oxidation sites excluding steroid dienone is 2. The van der Waals surface area contributed by atoms with Crippen LogP contribution in [0.5, 0.6) is 0 Å². The van der Waals surface area contributed by atoms with E-state index in [0.717, 1.165) is 17.7 Å². The van der Waals surface area contributed by atoms with Crippen molar-refractivity contribution in [3.8, 4) is 0 Å². The van der Waals surface area contributed by atoms with Gasteiger partial charge in [-0.1, -0.05) is 87.2 Å². The van der Waals surface area contributed by atoms with Gasteiger partial charge >= 0.3 is 0 Å². The summed E-state index contributed by atoms with van der Waals surface area (Å²) in [6, 6.07) is 13.7. The number of carbonyl (C=O) groups excluding carboxylic acids is 1. The van der Waals surface area contributed by atoms with Gasteiger partial charge in [-0.05, 0) is 23.1 Å². The van der Waals surface area contributed by atoms with Crippen molar-refractivity contribution in [1.82, 2.24) is 4.90 Å². The van der Waals surface area contributed by atoms with Gasteiger partial charge in [0.15, 0.2) is 0 Å². The third-order valence-corrected chi connectivity index (χ3v) is 5.33. The molecule has 140 valence electrons. The maximum Gasteiger partial charge on any atom is 0.266 e. The van der Waals surface area contributed by atoms with Gasteiger partial charge in [0, 0.05) is 12.5 Å². The van der Waals surface area contributed by atoms with Crippen molar-refractivity contribution in [3.05, 3.63) is 76.6 Å². The summed E-state index contributed by atoms with van der Waals surface area (Å²) >= 11 is 6.72. The molecule has 3 rings (SSSR count). The standard InChI is InChI=1S/C22H23NO2S2/c1-22(2,3)13-7-10-17-11-12-18(25-17)14-19-20(24)23(21(26)27-19)15-16-8-5-4-6-9-16/h4-9,11-14H,10,15H2,1-3H3/b13-7+,19-14-. The minimum atomic E-state index is -0.0700. The summed E-state index contributed by atoms with van der Waals surface area (Å²) in [4.78, 5) is 14.9. The van der Waals surface area contributed by atoms with Crippen LogP contribution in [0, 0.1) is 5.41 Å². The molecule has 3 nitrogen and oxygen atoms in total. The Balaban J connectivity index is 1.68. The monoisotopic (exact) mass is 397 g/mol. The molecule has 0 spiro atoms. The fourth-order valence-corrected chi connectivity index (χ4v) is 3.88. The lowest BCUT2D eigenvalue weighted by Crippen LogP contribution is -2.27. The topological polar surface area (TPSA) is 33.5 Å². The van der Waals surface area contributed by atoms with E-state index in [1.165, 1.54) is 11.8 Å². The second-order valence-electron chi connectivity index (χ2n) is 7.53. The second-order valence-corrected chi connectivity index (χ2v) is 9.21. The predicted octanol–water partition coefficient (Wildman–Crippen LogP) is 5.83. The molecular weight excluding hydrogens is 374 g/mol. The number of hydrogen-bond acceptors (Lipinski definition) is 4. The normalized spacial score (nSPS) is 16.9. The highest BCUT2D eigenvalue weighted by Crippen LogP contribution is 2.33. The van der Waals surface area contributed by atoms with Crippen LogP contribution in [-0.2, 0) is 17.8 Å². The molecular formula is C22H23NO2S2. The lowest BCUT2D eigenvalue weighted by Gasteiger charge is -2.14. The van der Waals surface area contributed by atoms with Gasteiger partial charge in [-0.25, -0.2) is 0 Å². The van der Waals surface area contributed by atoms with Gasteiger partial charge in [0.1, 0.15) is 15.8 Å². The van der Waals surface area contributed by atoms with Crippen LogP contribution in [0.1, 0.15) is 37.9 Å². The molecule has 0 saturated carbocycles. The van der Waals surface area contributed by atoms with E-state index in [9.17, 15) is 4.79 Å². The van der Waals surface area contributed by atoms with Crippen LogP contribution in [0.3, 0.4) is 0 Å². The van der Waals surface area contributed by atoms with Crippen molar-refractivity contribution < 1.29 is 9.21 Å². The van der Waals surface area contributed by atoms with E-state index >= 15 is 0 Å². The largest absolute Gasteiger partial charge is 0.461 e. The summed E-state index contributed by atoms with van der Waals surface area (Å²) < 4.78 is 6.42. The van der Waals surface area contributed by atoms with E-state index in [-0.39, 0.29) is 11.3 Å². The zero-order valence-electron chi connectivity index (χ0n) is 15.8. The Bertz CT molecular complexity index is 889. The molecule has 0 bridgehead atoms. The highest BCUT2D eigenvalue weighted by Gasteiger charge is 2.32. The van der Waals surface area contributed by atoms with Crippen LogP contribution in [-0.4, -0.2) is 15.1 Å². The molecule has 5 heteroatoms. The van der Waals surface area contributed by atoms with Crippen molar-refractivity contribution in [1.29, 1.82) is 0 Å². The Morgan fingerprint density at radius 3 is 2.59 bits per heavy atom. The molecule has 0 radical (unpaired) electrons. The highest BCUT2D eigenvalue weighted by molar-refractivity contribution is 8.26. The number of rotatable bonds is 5. The van der Waals surface area contributed by atoms with Crippen molar-refractivity contribution in [2.75, 3.05) is 0 Å². The van der Waals surface area contributed by atoms with E-state index in [1.807, 2.05) is 42.5 Å². The molecule has 1 amide bonds. The number of hydrogen-bond donors (Lipinski definition) is 0. The number of carbonyl (C=O) groups is 1. The summed E-state index contributed by atoms with van der Waals surface area (Å²) in [5.74, 6) is 1.48. The Morgan fingerprint density at radius 1 is 1.15 bits per heavy atom. The van der Waals surface area contributed by atoms with Crippen molar-refractivity contribution in [3.63, 3.8) is 0 Å². The summed E-state index contributed by atoms with van der Waals surface area (Å²) in [5, 5.41) is 0. The molecule has 1 fully saturated rings. The fourth-order valence-electron chi connectivity index (χ4n) is 2.64. The van der Waals surface area contributed by atoms with Gasteiger partial charge in [-0.15, -0.1) is 0 Å². The Kier molecular flexibility index (Phi) is 6.02. The molecule has 0 unspecified atom stereocenters. The summed E-state index contributed by atoms with van der Waals surface area (Å²) in [6.07, 6.45) is 6.80. The van der Waals surface area contributed by atoms with Gasteiger partial charge < -0.3 is 4.42 Å². The molecule has 0 N–H and O–H groups in total. The zero-order chi connectivity index (χ0) is 19.4. The van der Waals surface area contributed by atoms with E-state index in [2.05, 4.69) is 32.9 Å². The first-order valence-electron chi connectivity index (χ1n) is 8.87. The summed E-state index contributed by atoms with van der Waals surface area (Å²) in [6.45, 7) is 6.97. The molecule has 1 aliphatic heterocycles. The van der Waals surface area contributed by atoms with Crippen LogP contribution < -0.4 is 0 Å². The lowest BCUT2D eigenvalue weighted by molar-refractivity contribution is -0.122. The van der Waals surface area contributed by atoms with Gasteiger partial charge in [-0.3, -0.25) is 9.69 Å². The van der Waals surface area contributed by atoms with Gasteiger partial charge in [0.25, 0.3) is 5.91 Å². The number of thiocarbonyl (C=S) groups is 1. The Labute approximate surface area is 170 Å². The molecule has 1 aromatic carbocycles. The van der Waals surface area contributed by atoms with Crippen molar-refractivity contribution >= 4 is 40.3 Å². The van der Waals surface area contributed by atoms with Crippen LogP contribution in [0.25, 0.3) is 6.08 Å². The average molecular weight is 398 g/mol. The predicted molar refractivity (Wildman–Crippen MR) is 116 cm³/mol. The third kappa shape index (κ3) is 5.44. The van der Waals surface area contributed by atoms with Crippen LogP contribution in [0.2, 0.25) is 0 Å². The number of furan rings is 1. The Hall–Kier alpha value is -2.11. The molecule has 0 atom stereocenters. The molecule has 2 heterocycles. The molecule has 2 aromatic rings. The summed E-state index contributed by atoms with van der Waals surface area (Å²) in [7, 11) is 0. The van der Waals surface area contributed by atoms with Gasteiger partial charge in [-0.2, -0.15) is 0 Å². The quantitative estimate of drug-likeness (QED) is 0.361. The van der Waals surface area contributed by atoms with Crippen LogP contribution in [0.4, 0.5) is 0 Å². The fraction of sp³-hybridized carbons (Fsp3) is 0.273. The lowest BCUT2D eigenvalue weighted by atomic mass is 9.96. The zero-order valence-corrected chi connectivity index (χ0v) is 17.4. The highest BCUT2D eigenvalue weighted by atomic mass is 32.2. The minimum absolute atomic E-state index is 0.0700. The molecule has 27 heavy (non-hydrogen) atoms. The van der Waals surface area contributed by atoms with E-state index in [0.29, 0.717) is 21.5 Å². The number of thioether (sulfide) groups is 1. The SMILES string of the molecule is CC(C)(C)/C=C/Cc1ccc(/C=C2\SC(=S)N(Cc3ccccc3)C2=O)o1. The molecule has 1 saturated heterocycles. The van der Waals surface area contributed by atoms with Gasteiger partial charge in [0.05, 0.1) is 11.4 Å². The molecule has 0 aliphatic carbocycles. The maximum absolute atomic E-state index is 12.7. The van der Waals surface area contributed by atoms with Crippen molar-refractivity contribution in [2.24, 2.45) is 5.41 Å². The van der Waals surface area contributed by atoms with Crippen LogP contribution >= 0.6 is 24.0 Å². The first kappa shape index (κ1) is 19.6. The minimum Gasteiger partial charge on any atom is -0.461 e. The third-order valence-electron chi connectivity index (χ3n) is 3.95. The Morgan fingerprint density at radius 2 is 1.89 bits per heavy atom. The maximum atomic E-state index is 12.7. The first-order chi connectivity index (χ1) is 12.8. The number of amides is 1. The van der Waals surface area contributed by atoms with Gasteiger partial charge in [0.2, 0.25) is 0 Å². The smallest absolute Gasteiger partial charge is 0.266 e. The van der Waals surface area contributed by atoms with Crippen molar-refractivity contribution in [2.45, 2.75) is 33.7 Å². The average Bonchev–Trinajstić information content (AvgIpc) is 3.15. The van der Waals surface area contributed by atoms with Crippen LogP contribution in [0.15, 0.2) is 63.9 Å². The van der Waals surface area contributed by atoms with E-state index < -0.39 is 0 Å². The summed E-state index contributed by atoms with van der Waals surface area (Å²) in [5.41, 5.74) is 1.21. The first-order valence-corrected chi connectivity index (χ1v) is 10.1. The van der Waals surface area contributed by atoms with E-state index in [1.54, 1.807) is 11.0 Å².